The van der Waals surface area contributed by atoms with Crippen molar-refractivity contribution in [3.8, 4) is 0 Å². The molecule has 1 rings (SSSR count). The van der Waals surface area contributed by atoms with Crippen LogP contribution in [0.1, 0.15) is 44.9 Å². The molecule has 19 heavy (non-hydrogen) atoms. The molecule has 1 aliphatic heterocycles. The summed E-state index contributed by atoms with van der Waals surface area (Å²) in [5.74, 6) is 0.440. The van der Waals surface area contributed by atoms with Gasteiger partial charge in [0.25, 0.3) is 0 Å². The fourth-order valence-corrected chi connectivity index (χ4v) is 3.63. The SMILES string of the molecule is O=S([O-])([O-])=[S+]CCCCCCN1CCCCC1.[Na+].[Na+]. The molecule has 0 amide bonds. The van der Waals surface area contributed by atoms with E-state index >= 15 is 0 Å². The first kappa shape index (κ1) is 23.5. The summed E-state index contributed by atoms with van der Waals surface area (Å²) in [4.78, 5) is 2.51. The average molecular weight is 326 g/mol. The molecule has 1 saturated heterocycles. The average Bonchev–Trinajstić information content (AvgIpc) is 2.28. The summed E-state index contributed by atoms with van der Waals surface area (Å²) in [6.45, 7) is 3.65. The van der Waals surface area contributed by atoms with Gasteiger partial charge in [0.15, 0.2) is 5.75 Å². The van der Waals surface area contributed by atoms with Crippen molar-refractivity contribution in [3.05, 3.63) is 0 Å². The van der Waals surface area contributed by atoms with Gasteiger partial charge in [0.2, 0.25) is 10.3 Å². The van der Waals surface area contributed by atoms with Crippen LogP contribution in [0.5, 0.6) is 0 Å². The maximum atomic E-state index is 10.3. The molecule has 1 heterocycles. The van der Waals surface area contributed by atoms with Gasteiger partial charge < -0.3 is 14.0 Å². The molecular formula is C11H22NNa2O3S2+. The van der Waals surface area contributed by atoms with Crippen LogP contribution in [0.15, 0.2) is 0 Å². The standard InChI is InChI=1S/C11H23NO3S2.2Na/c13-17(14,15)16-11-7-2-1-4-8-12-9-5-3-6-10-12;;/h1-11H2,(H-,13,14,15);;/q;2*+1/p-1. The van der Waals surface area contributed by atoms with E-state index in [4.69, 9.17) is 0 Å². The minimum Gasteiger partial charge on any atom is -0.746 e. The van der Waals surface area contributed by atoms with Gasteiger partial charge in [-0.1, -0.05) is 12.8 Å². The molecule has 0 aromatic heterocycles. The Hall–Kier alpha value is 2.25. The maximum Gasteiger partial charge on any atom is 1.00 e. The van der Waals surface area contributed by atoms with E-state index in [1.807, 2.05) is 0 Å². The third kappa shape index (κ3) is 14.9. The van der Waals surface area contributed by atoms with Gasteiger partial charge >= 0.3 is 59.1 Å². The van der Waals surface area contributed by atoms with Crippen LogP contribution >= 0.6 is 0 Å². The molecule has 0 saturated carbocycles. The molecule has 0 aromatic carbocycles. The Labute approximate surface area is 165 Å². The number of likely N-dealkylation sites (tertiary alicyclic amines) is 1. The van der Waals surface area contributed by atoms with Crippen molar-refractivity contribution >= 4 is 19.4 Å². The normalized spacial score (nSPS) is 16.3. The van der Waals surface area contributed by atoms with Crippen molar-refractivity contribution in [2.45, 2.75) is 44.9 Å². The van der Waals surface area contributed by atoms with Crippen LogP contribution in [0.2, 0.25) is 0 Å². The second kappa shape index (κ2) is 13.9. The van der Waals surface area contributed by atoms with E-state index in [1.165, 1.54) is 45.3 Å². The van der Waals surface area contributed by atoms with Crippen LogP contribution in [0.3, 0.4) is 0 Å². The topological polar surface area (TPSA) is 66.4 Å². The molecule has 102 valence electrons. The summed E-state index contributed by atoms with van der Waals surface area (Å²) in [6.07, 6.45) is 8.21. The molecule has 0 aliphatic carbocycles. The zero-order valence-corrected chi connectivity index (χ0v) is 17.9. The van der Waals surface area contributed by atoms with E-state index in [0.717, 1.165) is 19.3 Å². The summed E-state index contributed by atoms with van der Waals surface area (Å²) in [7, 11) is -3.55. The Morgan fingerprint density at radius 3 is 2.11 bits per heavy atom. The fraction of sp³-hybridized carbons (Fsp3) is 1.00. The molecule has 0 spiro atoms. The van der Waals surface area contributed by atoms with E-state index in [9.17, 15) is 13.3 Å². The first-order valence-electron chi connectivity index (χ1n) is 6.40. The third-order valence-electron chi connectivity index (χ3n) is 3.05. The van der Waals surface area contributed by atoms with Gasteiger partial charge in [0.05, 0.1) is 9.05 Å². The molecule has 0 aromatic rings. The van der Waals surface area contributed by atoms with E-state index in [0.29, 0.717) is 16.1 Å². The molecule has 1 aliphatic rings. The first-order valence-corrected chi connectivity index (χ1v) is 9.31. The Balaban J connectivity index is 0. The predicted molar refractivity (Wildman–Crippen MR) is 70.7 cm³/mol. The molecule has 4 nitrogen and oxygen atoms in total. The first-order chi connectivity index (χ1) is 8.08. The zero-order valence-electron chi connectivity index (χ0n) is 12.3. The van der Waals surface area contributed by atoms with Crippen LogP contribution < -0.4 is 59.1 Å². The van der Waals surface area contributed by atoms with E-state index in [1.54, 1.807) is 0 Å². The van der Waals surface area contributed by atoms with Gasteiger partial charge in [-0.05, 0) is 45.3 Å². The number of rotatable bonds is 7. The second-order valence-electron chi connectivity index (χ2n) is 4.55. The van der Waals surface area contributed by atoms with Crippen molar-refractivity contribution in [2.24, 2.45) is 0 Å². The van der Waals surface area contributed by atoms with Crippen molar-refractivity contribution < 1.29 is 72.4 Å². The van der Waals surface area contributed by atoms with Crippen molar-refractivity contribution in [3.63, 3.8) is 0 Å². The summed E-state index contributed by atoms with van der Waals surface area (Å²) in [5, 5.41) is 0. The van der Waals surface area contributed by atoms with Crippen LogP contribution in [0.25, 0.3) is 0 Å². The maximum absolute atomic E-state index is 10.3. The van der Waals surface area contributed by atoms with Crippen molar-refractivity contribution in [2.75, 3.05) is 25.4 Å². The van der Waals surface area contributed by atoms with Crippen LogP contribution in [-0.2, 0) is 19.4 Å². The van der Waals surface area contributed by atoms with Crippen molar-refractivity contribution in [1.29, 1.82) is 0 Å². The Bertz CT molecular complexity index is 309. The number of hydrogen-bond acceptors (Lipinski definition) is 4. The summed E-state index contributed by atoms with van der Waals surface area (Å²) in [5.41, 5.74) is 0. The largest absolute Gasteiger partial charge is 1.00 e. The van der Waals surface area contributed by atoms with Crippen LogP contribution in [-0.4, -0.2) is 43.6 Å². The minimum absolute atomic E-state index is 0. The number of unbranched alkanes of at least 4 members (excludes halogenated alkanes) is 3. The monoisotopic (exact) mass is 326 g/mol. The van der Waals surface area contributed by atoms with Gasteiger partial charge in [0, 0.05) is 6.42 Å². The molecular weight excluding hydrogens is 304 g/mol. The summed E-state index contributed by atoms with van der Waals surface area (Å²) in [6, 6.07) is 0. The zero-order chi connectivity index (χ0) is 12.6. The van der Waals surface area contributed by atoms with Gasteiger partial charge in [-0.3, -0.25) is 0 Å². The quantitative estimate of drug-likeness (QED) is 0.269. The summed E-state index contributed by atoms with van der Waals surface area (Å²) < 4.78 is 31.0. The van der Waals surface area contributed by atoms with E-state index < -0.39 is 9.05 Å². The Morgan fingerprint density at radius 1 is 0.947 bits per heavy atom. The smallest absolute Gasteiger partial charge is 0.746 e. The molecule has 8 heteroatoms. The number of nitrogens with zero attached hydrogens (tertiary/aromatic N) is 1. The molecule has 0 bridgehead atoms. The number of piperidine rings is 1. The predicted octanol–water partition coefficient (Wildman–Crippen LogP) is -4.42. The fourth-order valence-electron chi connectivity index (χ4n) is 2.14. The Kier molecular flexibility index (Phi) is 17.2. The van der Waals surface area contributed by atoms with Gasteiger partial charge in [-0.15, -0.1) is 0 Å². The second-order valence-corrected chi connectivity index (χ2v) is 7.94. The summed E-state index contributed by atoms with van der Waals surface area (Å²) >= 11 is 0. The minimum atomic E-state index is -4.08. The third-order valence-corrected chi connectivity index (χ3v) is 5.16. The van der Waals surface area contributed by atoms with Crippen molar-refractivity contribution in [1.82, 2.24) is 4.90 Å². The van der Waals surface area contributed by atoms with Crippen LogP contribution in [0, 0.1) is 0 Å². The van der Waals surface area contributed by atoms with Gasteiger partial charge in [-0.25, -0.2) is 4.21 Å². The van der Waals surface area contributed by atoms with E-state index in [-0.39, 0.29) is 59.1 Å². The number of hydrogen-bond donors (Lipinski definition) is 0. The van der Waals surface area contributed by atoms with Gasteiger partial charge in [-0.2, -0.15) is 0 Å². The molecule has 0 N–H and O–H groups in total. The molecule has 0 atom stereocenters. The molecule has 1 fully saturated rings. The molecule has 0 unspecified atom stereocenters. The van der Waals surface area contributed by atoms with Crippen LogP contribution in [0.4, 0.5) is 0 Å². The molecule has 0 radical (unpaired) electrons. The Morgan fingerprint density at radius 2 is 1.53 bits per heavy atom. The van der Waals surface area contributed by atoms with E-state index in [2.05, 4.69) is 4.90 Å². The van der Waals surface area contributed by atoms with Gasteiger partial charge in [0.1, 0.15) is 0 Å².